The molecule has 5 rings (SSSR count). The number of sulfone groups is 1. The van der Waals surface area contributed by atoms with Gasteiger partial charge in [-0.05, 0) is 51.7 Å². The maximum Gasteiger partial charge on any atom is 0.338 e. The summed E-state index contributed by atoms with van der Waals surface area (Å²) in [5, 5.41) is 15.1. The summed E-state index contributed by atoms with van der Waals surface area (Å²) >= 11 is 0. The van der Waals surface area contributed by atoms with Crippen molar-refractivity contribution in [1.82, 2.24) is 20.2 Å². The number of carbonyl (C=O) groups is 1. The van der Waals surface area contributed by atoms with Crippen LogP contribution in [0.15, 0.2) is 95.0 Å². The largest absolute Gasteiger partial charge is 0.457 e. The molecule has 182 valence electrons. The average molecular weight is 502 g/mol. The fourth-order valence-electron chi connectivity index (χ4n) is 4.25. The molecule has 1 unspecified atom stereocenters. The topological polar surface area (TPSA) is 116 Å². The van der Waals surface area contributed by atoms with Crippen LogP contribution < -0.4 is 5.32 Å². The Hall–Kier alpha value is -4.31. The first kappa shape index (κ1) is 23.4. The number of tetrazole rings is 1. The third-order valence-electron chi connectivity index (χ3n) is 6.00. The van der Waals surface area contributed by atoms with Crippen molar-refractivity contribution in [2.75, 3.05) is 11.6 Å². The molecule has 3 aromatic carbocycles. The predicted octanol–water partition coefficient (Wildman–Crippen LogP) is 3.78. The van der Waals surface area contributed by atoms with Crippen molar-refractivity contribution < 1.29 is 17.9 Å². The van der Waals surface area contributed by atoms with Crippen LogP contribution in [0.25, 0.3) is 11.1 Å². The lowest BCUT2D eigenvalue weighted by molar-refractivity contribution is -0.140. The van der Waals surface area contributed by atoms with Gasteiger partial charge >= 0.3 is 5.97 Å². The molecule has 1 aromatic heterocycles. The normalized spacial score (nSPS) is 15.2. The van der Waals surface area contributed by atoms with Gasteiger partial charge in [0.2, 0.25) is 5.95 Å². The zero-order chi connectivity index (χ0) is 25.3. The molecular formula is C26H23N5O4S. The van der Waals surface area contributed by atoms with Gasteiger partial charge in [0.05, 0.1) is 10.5 Å². The smallest absolute Gasteiger partial charge is 0.338 e. The molecule has 0 amide bonds. The number of allylic oxidation sites excluding steroid dienone is 1. The molecule has 0 saturated heterocycles. The lowest BCUT2D eigenvalue weighted by atomic mass is 9.89. The van der Waals surface area contributed by atoms with E-state index in [0.717, 1.165) is 22.3 Å². The lowest BCUT2D eigenvalue weighted by Gasteiger charge is -2.29. The minimum Gasteiger partial charge on any atom is -0.457 e. The Bertz CT molecular complexity index is 1560. The molecule has 0 spiro atoms. The highest BCUT2D eigenvalue weighted by Gasteiger charge is 2.36. The van der Waals surface area contributed by atoms with E-state index in [2.05, 4.69) is 20.8 Å². The number of nitrogens with zero attached hydrogens (tertiary/aromatic N) is 4. The van der Waals surface area contributed by atoms with Gasteiger partial charge in [-0.1, -0.05) is 71.8 Å². The number of rotatable bonds is 6. The number of ether oxygens (including phenoxy) is 1. The van der Waals surface area contributed by atoms with Crippen molar-refractivity contribution in [3.8, 4) is 11.1 Å². The van der Waals surface area contributed by atoms with E-state index in [9.17, 15) is 13.2 Å². The second kappa shape index (κ2) is 9.38. The lowest BCUT2D eigenvalue weighted by Crippen LogP contribution is -2.30. The van der Waals surface area contributed by atoms with Gasteiger partial charge in [0.15, 0.2) is 9.84 Å². The first-order valence-electron chi connectivity index (χ1n) is 11.2. The SMILES string of the molecule is CC1=C(C(=O)OCc2ccccc2)C(c2ccccc2-c2ccc(S(C)(=O)=O)cc2)n2nnnc2N1. The van der Waals surface area contributed by atoms with Gasteiger partial charge in [0.25, 0.3) is 0 Å². The van der Waals surface area contributed by atoms with Crippen LogP contribution in [0.5, 0.6) is 0 Å². The summed E-state index contributed by atoms with van der Waals surface area (Å²) in [4.78, 5) is 13.7. The first-order chi connectivity index (χ1) is 17.3. The molecule has 1 aliphatic rings. The van der Waals surface area contributed by atoms with E-state index in [1.54, 1.807) is 35.9 Å². The van der Waals surface area contributed by atoms with Crippen LogP contribution in [0.2, 0.25) is 0 Å². The van der Waals surface area contributed by atoms with E-state index >= 15 is 0 Å². The van der Waals surface area contributed by atoms with Crippen LogP contribution in [0.1, 0.15) is 24.1 Å². The van der Waals surface area contributed by atoms with Crippen molar-refractivity contribution in [3.05, 3.63) is 101 Å². The van der Waals surface area contributed by atoms with E-state index in [4.69, 9.17) is 4.74 Å². The highest BCUT2D eigenvalue weighted by atomic mass is 32.2. The summed E-state index contributed by atoms with van der Waals surface area (Å²) < 4.78 is 31.1. The number of aromatic nitrogens is 4. The third-order valence-corrected chi connectivity index (χ3v) is 7.12. The number of carbonyl (C=O) groups excluding carboxylic acids is 1. The first-order valence-corrected chi connectivity index (χ1v) is 13.1. The molecule has 9 nitrogen and oxygen atoms in total. The van der Waals surface area contributed by atoms with Gasteiger partial charge in [0.1, 0.15) is 12.6 Å². The number of esters is 1. The highest BCUT2D eigenvalue weighted by molar-refractivity contribution is 7.90. The molecule has 36 heavy (non-hydrogen) atoms. The summed E-state index contributed by atoms with van der Waals surface area (Å²) in [6, 6.07) is 23.0. The van der Waals surface area contributed by atoms with Crippen LogP contribution in [-0.4, -0.2) is 40.9 Å². The summed E-state index contributed by atoms with van der Waals surface area (Å²) in [5.74, 6) is -0.0865. The summed E-state index contributed by atoms with van der Waals surface area (Å²) in [5.41, 5.74) is 4.21. The van der Waals surface area contributed by atoms with Crippen LogP contribution in [0, 0.1) is 0 Å². The quantitative estimate of drug-likeness (QED) is 0.397. The van der Waals surface area contributed by atoms with Gasteiger partial charge in [-0.25, -0.2) is 13.2 Å². The molecule has 1 N–H and O–H groups in total. The zero-order valence-corrected chi connectivity index (χ0v) is 20.4. The van der Waals surface area contributed by atoms with Crippen molar-refractivity contribution in [2.45, 2.75) is 24.5 Å². The molecule has 0 radical (unpaired) electrons. The Morgan fingerprint density at radius 2 is 1.69 bits per heavy atom. The summed E-state index contributed by atoms with van der Waals surface area (Å²) in [6.07, 6.45) is 1.17. The molecule has 0 fully saturated rings. The zero-order valence-electron chi connectivity index (χ0n) is 19.6. The van der Waals surface area contributed by atoms with Crippen LogP contribution in [0.3, 0.4) is 0 Å². The highest BCUT2D eigenvalue weighted by Crippen LogP contribution is 2.39. The van der Waals surface area contributed by atoms with Crippen LogP contribution >= 0.6 is 0 Å². The molecule has 10 heteroatoms. The Labute approximate surface area is 208 Å². The minimum absolute atomic E-state index is 0.125. The fraction of sp³-hybridized carbons (Fsp3) is 0.154. The van der Waals surface area contributed by atoms with E-state index < -0.39 is 21.8 Å². The molecule has 4 aromatic rings. The number of anilines is 1. The van der Waals surface area contributed by atoms with Crippen molar-refractivity contribution in [1.29, 1.82) is 0 Å². The number of hydrogen-bond acceptors (Lipinski definition) is 8. The molecule has 1 aliphatic heterocycles. The van der Waals surface area contributed by atoms with Crippen LogP contribution in [-0.2, 0) is 26.0 Å². The Balaban J connectivity index is 1.57. The van der Waals surface area contributed by atoms with Gasteiger partial charge < -0.3 is 10.1 Å². The molecule has 0 aliphatic carbocycles. The molecular weight excluding hydrogens is 478 g/mol. The van der Waals surface area contributed by atoms with E-state index in [1.807, 2.05) is 54.6 Å². The maximum atomic E-state index is 13.4. The third kappa shape index (κ3) is 4.50. The number of benzene rings is 3. The predicted molar refractivity (Wildman–Crippen MR) is 134 cm³/mol. The van der Waals surface area contributed by atoms with E-state index in [1.165, 1.54) is 6.26 Å². The monoisotopic (exact) mass is 501 g/mol. The molecule has 2 heterocycles. The average Bonchev–Trinajstić information content (AvgIpc) is 3.35. The maximum absolute atomic E-state index is 13.4. The van der Waals surface area contributed by atoms with E-state index in [0.29, 0.717) is 17.2 Å². The molecule has 1 atom stereocenters. The number of nitrogens with one attached hydrogen (secondary N) is 1. The second-order valence-corrected chi connectivity index (χ2v) is 10.5. The Morgan fingerprint density at radius 1 is 1.00 bits per heavy atom. The number of hydrogen-bond donors (Lipinski definition) is 1. The summed E-state index contributed by atoms with van der Waals surface area (Å²) in [7, 11) is -3.33. The molecule has 0 saturated carbocycles. The Kier molecular flexibility index (Phi) is 6.11. The van der Waals surface area contributed by atoms with Crippen molar-refractivity contribution in [3.63, 3.8) is 0 Å². The fourth-order valence-corrected chi connectivity index (χ4v) is 4.88. The van der Waals surface area contributed by atoms with E-state index in [-0.39, 0.29) is 11.5 Å². The van der Waals surface area contributed by atoms with Gasteiger partial charge in [-0.3, -0.25) is 0 Å². The standard InChI is InChI=1S/C26H23N5O4S/c1-17-23(25(32)35-16-18-8-4-3-5-9-18)24(31-26(27-17)28-29-30-31)22-11-7-6-10-21(22)19-12-14-20(15-13-19)36(2,33)34/h3-15,24H,16H2,1-2H3,(H,27,28,30). The minimum atomic E-state index is -3.33. The Morgan fingerprint density at radius 3 is 2.42 bits per heavy atom. The van der Waals surface area contributed by atoms with Crippen molar-refractivity contribution >= 4 is 21.8 Å². The second-order valence-electron chi connectivity index (χ2n) is 8.46. The van der Waals surface area contributed by atoms with Gasteiger partial charge in [-0.15, -0.1) is 0 Å². The molecule has 0 bridgehead atoms. The number of fused-ring (bicyclic) bond motifs is 1. The van der Waals surface area contributed by atoms with Gasteiger partial charge in [-0.2, -0.15) is 4.68 Å². The van der Waals surface area contributed by atoms with Crippen molar-refractivity contribution in [2.24, 2.45) is 0 Å². The summed E-state index contributed by atoms with van der Waals surface area (Å²) in [6.45, 7) is 1.91. The van der Waals surface area contributed by atoms with Crippen LogP contribution in [0.4, 0.5) is 5.95 Å². The van der Waals surface area contributed by atoms with Gasteiger partial charge in [0, 0.05) is 12.0 Å².